The third kappa shape index (κ3) is 1.52. The highest BCUT2D eigenvalue weighted by Crippen LogP contribution is 2.39. The van der Waals surface area contributed by atoms with E-state index in [9.17, 15) is 4.79 Å². The Hall–Kier alpha value is -2.13. The molecule has 0 amide bonds. The van der Waals surface area contributed by atoms with E-state index in [1.165, 1.54) is 4.70 Å². The van der Waals surface area contributed by atoms with Gasteiger partial charge in [0.15, 0.2) is 0 Å². The average Bonchev–Trinajstić information content (AvgIpc) is 3.05. The minimum atomic E-state index is -0.207. The Kier molecular flexibility index (Phi) is 2.23. The second-order valence-corrected chi connectivity index (χ2v) is 5.51. The number of fused-ring (bicyclic) bond motifs is 2. The van der Waals surface area contributed by atoms with E-state index < -0.39 is 0 Å². The van der Waals surface area contributed by atoms with Gasteiger partial charge >= 0.3 is 5.97 Å². The number of esters is 1. The maximum Gasteiger partial charge on any atom is 0.339 e. The first-order chi connectivity index (χ1) is 9.34. The molecule has 2 nitrogen and oxygen atoms in total. The maximum atomic E-state index is 12.0. The molecule has 19 heavy (non-hydrogen) atoms. The summed E-state index contributed by atoms with van der Waals surface area (Å²) in [6, 6.07) is 14.2. The Labute approximate surface area is 114 Å². The van der Waals surface area contributed by atoms with Gasteiger partial charge in [-0.05, 0) is 23.1 Å². The van der Waals surface area contributed by atoms with Gasteiger partial charge in [0, 0.05) is 21.2 Å². The van der Waals surface area contributed by atoms with E-state index in [4.69, 9.17) is 4.74 Å². The molecule has 92 valence electrons. The van der Waals surface area contributed by atoms with Crippen LogP contribution in [0, 0.1) is 0 Å². The van der Waals surface area contributed by atoms with Crippen LogP contribution in [0.1, 0.15) is 15.9 Å². The van der Waals surface area contributed by atoms with Gasteiger partial charge in [-0.2, -0.15) is 0 Å². The van der Waals surface area contributed by atoms with E-state index in [1.54, 1.807) is 11.3 Å². The number of cyclic esters (lactones) is 1. The molecule has 1 aliphatic rings. The Balaban J connectivity index is 2.16. The lowest BCUT2D eigenvalue weighted by Gasteiger charge is -2.08. The highest BCUT2D eigenvalue weighted by molar-refractivity contribution is 7.17. The molecule has 3 aromatic rings. The van der Waals surface area contributed by atoms with E-state index in [0.717, 1.165) is 27.6 Å². The molecule has 1 aliphatic heterocycles. The minimum absolute atomic E-state index is 0.207. The summed E-state index contributed by atoms with van der Waals surface area (Å²) >= 11 is 1.70. The highest BCUT2D eigenvalue weighted by atomic mass is 32.1. The summed E-state index contributed by atoms with van der Waals surface area (Å²) in [6.45, 7) is 0.391. The van der Waals surface area contributed by atoms with Gasteiger partial charge in [0.1, 0.15) is 6.61 Å². The van der Waals surface area contributed by atoms with Gasteiger partial charge in [0.25, 0.3) is 0 Å². The molecule has 0 aliphatic carbocycles. The molecule has 0 saturated carbocycles. The minimum Gasteiger partial charge on any atom is -0.457 e. The van der Waals surface area contributed by atoms with Gasteiger partial charge in [-0.1, -0.05) is 30.3 Å². The second-order valence-electron chi connectivity index (χ2n) is 4.56. The predicted octanol–water partition coefficient (Wildman–Crippen LogP) is 4.24. The second kappa shape index (κ2) is 3.93. The quantitative estimate of drug-likeness (QED) is 0.616. The summed E-state index contributed by atoms with van der Waals surface area (Å²) in [5.41, 5.74) is 3.81. The smallest absolute Gasteiger partial charge is 0.339 e. The lowest BCUT2D eigenvalue weighted by molar-refractivity contribution is 0.0535. The van der Waals surface area contributed by atoms with Crippen LogP contribution >= 0.6 is 11.3 Å². The van der Waals surface area contributed by atoms with Gasteiger partial charge in [-0.25, -0.2) is 4.79 Å². The van der Waals surface area contributed by atoms with Gasteiger partial charge < -0.3 is 4.74 Å². The number of benzene rings is 2. The molecule has 0 bridgehead atoms. The summed E-state index contributed by atoms with van der Waals surface area (Å²) in [4.78, 5) is 12.0. The van der Waals surface area contributed by atoms with E-state index in [1.807, 2.05) is 30.3 Å². The van der Waals surface area contributed by atoms with Crippen molar-refractivity contribution in [1.29, 1.82) is 0 Å². The lowest BCUT2D eigenvalue weighted by atomic mass is 9.94. The number of hydrogen-bond donors (Lipinski definition) is 0. The molecule has 0 atom stereocenters. The molecule has 0 saturated heterocycles. The number of rotatable bonds is 1. The number of carbonyl (C=O) groups is 1. The van der Waals surface area contributed by atoms with Gasteiger partial charge in [0.05, 0.1) is 5.56 Å². The zero-order valence-electron chi connectivity index (χ0n) is 10.1. The van der Waals surface area contributed by atoms with E-state index in [0.29, 0.717) is 6.61 Å². The van der Waals surface area contributed by atoms with Crippen LogP contribution in [0.4, 0.5) is 0 Å². The Morgan fingerprint density at radius 2 is 1.89 bits per heavy atom. The van der Waals surface area contributed by atoms with E-state index >= 15 is 0 Å². The fourth-order valence-corrected chi connectivity index (χ4v) is 3.49. The molecule has 0 spiro atoms. The number of carbonyl (C=O) groups excluding carboxylic acids is 1. The van der Waals surface area contributed by atoms with Crippen molar-refractivity contribution in [2.75, 3.05) is 0 Å². The normalized spacial score (nSPS) is 13.6. The highest BCUT2D eigenvalue weighted by Gasteiger charge is 2.27. The zero-order valence-corrected chi connectivity index (χ0v) is 10.9. The molecular formula is C16H10O2S. The van der Waals surface area contributed by atoms with Crippen molar-refractivity contribution in [3.8, 4) is 11.1 Å². The van der Waals surface area contributed by atoms with Gasteiger partial charge in [0.2, 0.25) is 0 Å². The molecule has 2 aromatic carbocycles. The Morgan fingerprint density at radius 3 is 2.74 bits per heavy atom. The molecule has 0 N–H and O–H groups in total. The average molecular weight is 266 g/mol. The van der Waals surface area contributed by atoms with E-state index in [-0.39, 0.29) is 5.97 Å². The first-order valence-corrected chi connectivity index (χ1v) is 6.98. The van der Waals surface area contributed by atoms with Crippen LogP contribution in [0.5, 0.6) is 0 Å². The summed E-state index contributed by atoms with van der Waals surface area (Å²) in [5.74, 6) is -0.207. The van der Waals surface area contributed by atoms with Crippen LogP contribution < -0.4 is 0 Å². The first kappa shape index (κ1) is 10.8. The molecule has 0 radical (unpaired) electrons. The maximum absolute atomic E-state index is 12.0. The van der Waals surface area contributed by atoms with Crippen molar-refractivity contribution >= 4 is 27.4 Å². The first-order valence-electron chi connectivity index (χ1n) is 6.10. The van der Waals surface area contributed by atoms with Gasteiger partial charge in [-0.3, -0.25) is 0 Å². The SMILES string of the molecule is O=C1OCc2cc3sccc3c(-c3ccccc3)c21. The Bertz CT molecular complexity index is 787. The largest absolute Gasteiger partial charge is 0.457 e. The zero-order chi connectivity index (χ0) is 12.8. The van der Waals surface area contributed by atoms with Crippen molar-refractivity contribution in [1.82, 2.24) is 0 Å². The molecule has 1 aromatic heterocycles. The van der Waals surface area contributed by atoms with Crippen LogP contribution in [0.15, 0.2) is 47.8 Å². The van der Waals surface area contributed by atoms with Crippen molar-refractivity contribution in [3.63, 3.8) is 0 Å². The molecular weight excluding hydrogens is 256 g/mol. The summed E-state index contributed by atoms with van der Waals surface area (Å²) < 4.78 is 6.40. The predicted molar refractivity (Wildman–Crippen MR) is 76.4 cm³/mol. The van der Waals surface area contributed by atoms with Crippen molar-refractivity contribution < 1.29 is 9.53 Å². The summed E-state index contributed by atoms with van der Waals surface area (Å²) in [5, 5.41) is 3.20. The third-order valence-corrected chi connectivity index (χ3v) is 4.33. The number of hydrogen-bond acceptors (Lipinski definition) is 3. The molecule has 4 rings (SSSR count). The lowest BCUT2D eigenvalue weighted by Crippen LogP contribution is -1.97. The fourth-order valence-electron chi connectivity index (χ4n) is 2.63. The van der Waals surface area contributed by atoms with Crippen LogP contribution in [-0.2, 0) is 11.3 Å². The van der Waals surface area contributed by atoms with Gasteiger partial charge in [-0.15, -0.1) is 11.3 Å². The Morgan fingerprint density at radius 1 is 1.05 bits per heavy atom. The molecule has 0 unspecified atom stereocenters. The summed E-state index contributed by atoms with van der Waals surface area (Å²) in [7, 11) is 0. The summed E-state index contributed by atoms with van der Waals surface area (Å²) in [6.07, 6.45) is 0. The van der Waals surface area contributed by atoms with Crippen LogP contribution in [0.3, 0.4) is 0 Å². The van der Waals surface area contributed by atoms with E-state index in [2.05, 4.69) is 17.5 Å². The van der Waals surface area contributed by atoms with Crippen molar-refractivity contribution in [2.45, 2.75) is 6.61 Å². The molecule has 2 heterocycles. The monoisotopic (exact) mass is 266 g/mol. The van der Waals surface area contributed by atoms with Crippen molar-refractivity contribution in [3.05, 3.63) is 59.0 Å². The third-order valence-electron chi connectivity index (χ3n) is 3.47. The standard InChI is InChI=1S/C16H10O2S/c17-16-15-11(9-18-16)8-13-12(6-7-19-13)14(15)10-4-2-1-3-5-10/h1-8H,9H2. The number of thiophene rings is 1. The topological polar surface area (TPSA) is 26.3 Å². The van der Waals surface area contributed by atoms with Crippen LogP contribution in [0.2, 0.25) is 0 Å². The fraction of sp³-hybridized carbons (Fsp3) is 0.0625. The molecule has 3 heteroatoms. The van der Waals surface area contributed by atoms with Crippen LogP contribution in [-0.4, -0.2) is 5.97 Å². The molecule has 0 fully saturated rings. The van der Waals surface area contributed by atoms with Crippen LogP contribution in [0.25, 0.3) is 21.2 Å². The van der Waals surface area contributed by atoms with Crippen molar-refractivity contribution in [2.24, 2.45) is 0 Å². The number of ether oxygens (including phenoxy) is 1.